The van der Waals surface area contributed by atoms with Crippen LogP contribution in [0.25, 0.3) is 32.5 Å². The van der Waals surface area contributed by atoms with Crippen molar-refractivity contribution in [3.05, 3.63) is 41.4 Å². The van der Waals surface area contributed by atoms with Crippen molar-refractivity contribution in [1.29, 1.82) is 0 Å². The summed E-state index contributed by atoms with van der Waals surface area (Å²) in [5.41, 5.74) is 2.60. The van der Waals surface area contributed by atoms with E-state index in [-0.39, 0.29) is 4.88 Å². The van der Waals surface area contributed by atoms with E-state index in [2.05, 4.69) is 9.88 Å². The van der Waals surface area contributed by atoms with Gasteiger partial charge in [-0.25, -0.2) is 14.8 Å². The van der Waals surface area contributed by atoms with Crippen LogP contribution in [-0.2, 0) is 4.74 Å². The molecule has 27 heavy (non-hydrogen) atoms. The number of hydrogen-bond acceptors (Lipinski definition) is 6. The summed E-state index contributed by atoms with van der Waals surface area (Å²) in [5.74, 6) is 0.437. The number of thiophene rings is 1. The van der Waals surface area contributed by atoms with E-state index in [0.717, 1.165) is 40.1 Å². The topological polar surface area (TPSA) is 91.3 Å². The summed E-state index contributed by atoms with van der Waals surface area (Å²) in [5, 5.41) is 10.5. The molecule has 136 valence electrons. The molecule has 1 aliphatic heterocycles. The lowest BCUT2D eigenvalue weighted by atomic mass is 10.1. The predicted molar refractivity (Wildman–Crippen MR) is 105 cm³/mol. The first-order valence-electron chi connectivity index (χ1n) is 8.65. The van der Waals surface area contributed by atoms with Crippen molar-refractivity contribution in [3.63, 3.8) is 0 Å². The number of aromatic amines is 1. The second-order valence-corrected chi connectivity index (χ2v) is 7.40. The average Bonchev–Trinajstić information content (AvgIpc) is 3.34. The fraction of sp³-hybridized carbons (Fsp3) is 0.211. The molecule has 0 radical (unpaired) electrons. The van der Waals surface area contributed by atoms with E-state index in [4.69, 9.17) is 14.7 Å². The minimum absolute atomic E-state index is 0.269. The molecule has 4 aromatic rings. The van der Waals surface area contributed by atoms with Crippen molar-refractivity contribution in [2.45, 2.75) is 0 Å². The number of ether oxygens (including phenoxy) is 1. The summed E-state index contributed by atoms with van der Waals surface area (Å²) in [4.78, 5) is 26.7. The fourth-order valence-corrected chi connectivity index (χ4v) is 4.36. The Morgan fingerprint density at radius 3 is 2.89 bits per heavy atom. The number of carboxylic acid groups (broad SMARTS) is 1. The second-order valence-electron chi connectivity index (χ2n) is 6.34. The molecule has 8 heteroatoms. The quantitative estimate of drug-likeness (QED) is 0.566. The minimum Gasteiger partial charge on any atom is -0.477 e. The lowest BCUT2D eigenvalue weighted by molar-refractivity contribution is 0.0702. The van der Waals surface area contributed by atoms with Gasteiger partial charge in [-0.1, -0.05) is 12.1 Å². The fourth-order valence-electron chi connectivity index (χ4n) is 3.41. The number of aromatic carboxylic acids is 1. The Labute approximate surface area is 158 Å². The number of nitrogens with one attached hydrogen (secondary N) is 1. The van der Waals surface area contributed by atoms with Crippen LogP contribution in [0, 0.1) is 0 Å². The monoisotopic (exact) mass is 380 g/mol. The third-order valence-corrected chi connectivity index (χ3v) is 5.82. The summed E-state index contributed by atoms with van der Waals surface area (Å²) >= 11 is 1.22. The van der Waals surface area contributed by atoms with Gasteiger partial charge in [-0.15, -0.1) is 11.3 Å². The summed E-state index contributed by atoms with van der Waals surface area (Å²) in [6.45, 7) is 2.71. The van der Waals surface area contributed by atoms with Gasteiger partial charge in [-0.05, 0) is 18.2 Å². The maximum Gasteiger partial charge on any atom is 0.345 e. The van der Waals surface area contributed by atoms with Gasteiger partial charge < -0.3 is 19.7 Å². The number of benzene rings is 1. The minimum atomic E-state index is -0.944. The Morgan fingerprint density at radius 2 is 2.07 bits per heavy atom. The number of nitrogens with zero attached hydrogens (tertiary/aromatic N) is 3. The Hall–Kier alpha value is -2.97. The maximum atomic E-state index is 11.5. The van der Waals surface area contributed by atoms with Gasteiger partial charge in [-0.2, -0.15) is 0 Å². The van der Waals surface area contributed by atoms with Gasteiger partial charge in [0.2, 0.25) is 0 Å². The van der Waals surface area contributed by atoms with Crippen LogP contribution in [0.3, 0.4) is 0 Å². The van der Waals surface area contributed by atoms with Gasteiger partial charge in [0.05, 0.1) is 23.4 Å². The van der Waals surface area contributed by atoms with E-state index >= 15 is 0 Å². The molecular weight excluding hydrogens is 364 g/mol. The highest BCUT2D eigenvalue weighted by atomic mass is 32.1. The Morgan fingerprint density at radius 1 is 1.22 bits per heavy atom. The molecule has 0 unspecified atom stereocenters. The van der Waals surface area contributed by atoms with Crippen LogP contribution in [0.15, 0.2) is 36.5 Å². The molecule has 0 bridgehead atoms. The maximum absolute atomic E-state index is 11.5. The van der Waals surface area contributed by atoms with Crippen molar-refractivity contribution >= 4 is 44.2 Å². The third-order valence-electron chi connectivity index (χ3n) is 4.71. The van der Waals surface area contributed by atoms with Crippen LogP contribution < -0.4 is 4.90 Å². The average molecular weight is 380 g/mol. The first kappa shape index (κ1) is 16.2. The molecule has 3 aromatic heterocycles. The van der Waals surface area contributed by atoms with Crippen molar-refractivity contribution in [2.24, 2.45) is 0 Å². The molecule has 2 N–H and O–H groups in total. The van der Waals surface area contributed by atoms with Crippen LogP contribution in [0.1, 0.15) is 9.67 Å². The molecule has 1 saturated heterocycles. The van der Waals surface area contributed by atoms with Gasteiger partial charge in [0.1, 0.15) is 4.88 Å². The summed E-state index contributed by atoms with van der Waals surface area (Å²) < 4.78 is 6.26. The summed E-state index contributed by atoms with van der Waals surface area (Å²) in [6, 6.07) is 9.60. The summed E-state index contributed by atoms with van der Waals surface area (Å²) in [7, 11) is 0. The van der Waals surface area contributed by atoms with Gasteiger partial charge in [0.15, 0.2) is 11.6 Å². The first-order chi connectivity index (χ1) is 13.2. The molecular formula is C19H16N4O3S. The lowest BCUT2D eigenvalue weighted by Gasteiger charge is -2.28. The number of carboxylic acids is 1. The molecule has 0 saturated carbocycles. The predicted octanol–water partition coefficient (Wildman–Crippen LogP) is 3.37. The number of hydrogen-bond donors (Lipinski definition) is 2. The van der Waals surface area contributed by atoms with Gasteiger partial charge in [0.25, 0.3) is 0 Å². The largest absolute Gasteiger partial charge is 0.477 e. The van der Waals surface area contributed by atoms with Crippen molar-refractivity contribution in [2.75, 3.05) is 31.2 Å². The van der Waals surface area contributed by atoms with Gasteiger partial charge >= 0.3 is 5.97 Å². The Bertz CT molecular complexity index is 1160. The molecule has 5 rings (SSSR count). The van der Waals surface area contributed by atoms with Crippen molar-refractivity contribution < 1.29 is 14.6 Å². The smallest absolute Gasteiger partial charge is 0.345 e. The van der Waals surface area contributed by atoms with Gasteiger partial charge in [-0.3, -0.25) is 0 Å². The van der Waals surface area contributed by atoms with Crippen LogP contribution in [0.4, 0.5) is 5.82 Å². The van der Waals surface area contributed by atoms with Crippen LogP contribution in [0.2, 0.25) is 0 Å². The Kier molecular flexibility index (Phi) is 3.80. The van der Waals surface area contributed by atoms with Crippen LogP contribution in [0.5, 0.6) is 0 Å². The molecule has 0 atom stereocenters. The molecule has 7 nitrogen and oxygen atoms in total. The number of H-pyrrole nitrogens is 1. The van der Waals surface area contributed by atoms with Crippen molar-refractivity contribution in [1.82, 2.24) is 15.0 Å². The first-order valence-corrected chi connectivity index (χ1v) is 9.46. The number of morpholine rings is 1. The van der Waals surface area contributed by atoms with E-state index < -0.39 is 5.97 Å². The molecule has 1 aromatic carbocycles. The zero-order chi connectivity index (χ0) is 18.4. The number of fused-ring (bicyclic) bond motifs is 2. The lowest BCUT2D eigenvalue weighted by Crippen LogP contribution is -2.36. The molecule has 1 aliphatic rings. The number of rotatable bonds is 3. The molecule has 0 aliphatic carbocycles. The second kappa shape index (κ2) is 6.33. The normalized spacial score (nSPS) is 14.9. The SMILES string of the molecule is O=C(O)c1cc2nc(-c3cccc4[nH]ccc34)nc(N3CCOCC3)c2s1. The highest BCUT2D eigenvalue weighted by Gasteiger charge is 2.22. The molecule has 1 fully saturated rings. The van der Waals surface area contributed by atoms with E-state index in [0.29, 0.717) is 24.6 Å². The zero-order valence-electron chi connectivity index (χ0n) is 14.3. The van der Waals surface area contributed by atoms with Crippen LogP contribution >= 0.6 is 11.3 Å². The number of anilines is 1. The van der Waals surface area contributed by atoms with E-state index in [9.17, 15) is 9.90 Å². The van der Waals surface area contributed by atoms with Crippen LogP contribution in [-0.4, -0.2) is 52.3 Å². The van der Waals surface area contributed by atoms with E-state index in [1.54, 1.807) is 6.07 Å². The standard InChI is InChI=1S/C19H16N4O3S/c24-19(25)15-10-14-16(27-15)18(23-6-8-26-9-7-23)22-17(21-14)12-2-1-3-13-11(12)4-5-20-13/h1-5,10,20H,6-9H2,(H,24,25). The molecule has 0 amide bonds. The zero-order valence-corrected chi connectivity index (χ0v) is 15.1. The summed E-state index contributed by atoms with van der Waals surface area (Å²) in [6.07, 6.45) is 1.89. The third kappa shape index (κ3) is 2.73. The number of carbonyl (C=O) groups is 1. The van der Waals surface area contributed by atoms with Crippen molar-refractivity contribution in [3.8, 4) is 11.4 Å². The van der Waals surface area contributed by atoms with E-state index in [1.807, 2.05) is 30.5 Å². The molecule has 4 heterocycles. The van der Waals surface area contributed by atoms with Gasteiger partial charge in [0, 0.05) is 35.8 Å². The highest BCUT2D eigenvalue weighted by Crippen LogP contribution is 2.35. The molecule has 0 spiro atoms. The Balaban J connectivity index is 1.75. The van der Waals surface area contributed by atoms with E-state index in [1.165, 1.54) is 11.3 Å². The number of aromatic nitrogens is 3. The highest BCUT2D eigenvalue weighted by molar-refractivity contribution is 7.21.